The first-order valence-corrected chi connectivity index (χ1v) is 9.11. The highest BCUT2D eigenvalue weighted by molar-refractivity contribution is 6.02. The van der Waals surface area contributed by atoms with Crippen LogP contribution in [0.3, 0.4) is 0 Å². The van der Waals surface area contributed by atoms with E-state index in [4.69, 9.17) is 0 Å². The van der Waals surface area contributed by atoms with Gasteiger partial charge in [0.2, 0.25) is 0 Å². The molecule has 0 bridgehead atoms. The van der Waals surface area contributed by atoms with Crippen LogP contribution < -0.4 is 5.56 Å². The molecular weight excluding hydrogens is 404 g/mol. The van der Waals surface area contributed by atoms with Crippen LogP contribution in [0.4, 0.5) is 5.69 Å². The average molecular weight is 422 g/mol. The second-order valence-electron chi connectivity index (χ2n) is 6.41. The number of hydrogen-bond acceptors (Lipinski definition) is 7. The van der Waals surface area contributed by atoms with Crippen molar-refractivity contribution in [1.82, 2.24) is 4.57 Å². The number of nitro groups is 1. The molecule has 0 atom stereocenters. The molecule has 0 radical (unpaired) electrons. The molecular formula is C22H18N2O7. The van der Waals surface area contributed by atoms with E-state index >= 15 is 0 Å². The standard InChI is InChI=1S/C22H18N2O7/c1-30-21(26)18(22(27)31-2)16-13-17(14-9-5-3-6-10-14)23(15-11-7-4-8-12-15)20(25)19(16)24(28)29/h3-13,18H,1-2H3. The highest BCUT2D eigenvalue weighted by Gasteiger charge is 2.39. The van der Waals surface area contributed by atoms with Crippen LogP contribution in [0, 0.1) is 10.1 Å². The fourth-order valence-corrected chi connectivity index (χ4v) is 3.26. The summed E-state index contributed by atoms with van der Waals surface area (Å²) in [5.74, 6) is -3.95. The van der Waals surface area contributed by atoms with Gasteiger partial charge >= 0.3 is 23.2 Å². The van der Waals surface area contributed by atoms with E-state index in [0.29, 0.717) is 11.3 Å². The van der Waals surface area contributed by atoms with Gasteiger partial charge in [-0.2, -0.15) is 0 Å². The second-order valence-corrected chi connectivity index (χ2v) is 6.41. The summed E-state index contributed by atoms with van der Waals surface area (Å²) >= 11 is 0. The molecule has 9 nitrogen and oxygen atoms in total. The summed E-state index contributed by atoms with van der Waals surface area (Å²) in [5, 5.41) is 11.9. The van der Waals surface area contributed by atoms with Crippen LogP contribution in [-0.4, -0.2) is 35.6 Å². The van der Waals surface area contributed by atoms with E-state index in [0.717, 1.165) is 14.2 Å². The van der Waals surface area contributed by atoms with Crippen molar-refractivity contribution in [2.45, 2.75) is 5.92 Å². The van der Waals surface area contributed by atoms with Gasteiger partial charge in [-0.15, -0.1) is 0 Å². The first-order valence-electron chi connectivity index (χ1n) is 9.11. The molecule has 0 aliphatic rings. The lowest BCUT2D eigenvalue weighted by Gasteiger charge is -2.18. The number of rotatable bonds is 6. The molecule has 0 unspecified atom stereocenters. The second kappa shape index (κ2) is 9.04. The minimum Gasteiger partial charge on any atom is -0.468 e. The van der Waals surface area contributed by atoms with Crippen LogP contribution in [0.5, 0.6) is 0 Å². The molecule has 0 aliphatic carbocycles. The van der Waals surface area contributed by atoms with E-state index in [9.17, 15) is 24.5 Å². The van der Waals surface area contributed by atoms with Crippen molar-refractivity contribution in [1.29, 1.82) is 0 Å². The summed E-state index contributed by atoms with van der Waals surface area (Å²) < 4.78 is 10.5. The summed E-state index contributed by atoms with van der Waals surface area (Å²) in [5.41, 5.74) is -1.12. The molecule has 0 saturated carbocycles. The van der Waals surface area contributed by atoms with Gasteiger partial charge in [0, 0.05) is 5.69 Å². The monoisotopic (exact) mass is 422 g/mol. The summed E-state index contributed by atoms with van der Waals surface area (Å²) in [7, 11) is 2.07. The minimum atomic E-state index is -1.80. The summed E-state index contributed by atoms with van der Waals surface area (Å²) in [4.78, 5) is 49.0. The maximum Gasteiger partial charge on any atom is 0.339 e. The zero-order valence-corrected chi connectivity index (χ0v) is 16.7. The molecule has 0 fully saturated rings. The molecule has 0 N–H and O–H groups in total. The number of hydrogen-bond donors (Lipinski definition) is 0. The number of benzene rings is 2. The number of nitrogens with zero attached hydrogens (tertiary/aromatic N) is 2. The van der Waals surface area contributed by atoms with Crippen molar-refractivity contribution < 1.29 is 24.0 Å². The summed E-state index contributed by atoms with van der Waals surface area (Å²) in [6.45, 7) is 0. The van der Waals surface area contributed by atoms with Crippen molar-refractivity contribution >= 4 is 17.6 Å². The fourth-order valence-electron chi connectivity index (χ4n) is 3.26. The van der Waals surface area contributed by atoms with Gasteiger partial charge in [-0.3, -0.25) is 29.1 Å². The van der Waals surface area contributed by atoms with Gasteiger partial charge in [-0.05, 0) is 23.8 Å². The molecule has 0 spiro atoms. The quantitative estimate of drug-likeness (QED) is 0.259. The zero-order valence-electron chi connectivity index (χ0n) is 16.7. The Kier molecular flexibility index (Phi) is 6.25. The SMILES string of the molecule is COC(=O)C(C(=O)OC)c1cc(-c2ccccc2)n(-c2ccccc2)c(=O)c1[N+](=O)[O-]. The number of carbonyl (C=O) groups excluding carboxylic acids is 2. The Hall–Kier alpha value is -4.27. The fraction of sp³-hybridized carbons (Fsp3) is 0.136. The average Bonchev–Trinajstić information content (AvgIpc) is 2.79. The van der Waals surface area contributed by atoms with Crippen LogP contribution in [0.25, 0.3) is 16.9 Å². The lowest BCUT2D eigenvalue weighted by atomic mass is 9.95. The number of pyridine rings is 1. The van der Waals surface area contributed by atoms with Crippen molar-refractivity contribution in [3.8, 4) is 16.9 Å². The predicted molar refractivity (Wildman–Crippen MR) is 111 cm³/mol. The van der Waals surface area contributed by atoms with Crippen LogP contribution >= 0.6 is 0 Å². The van der Waals surface area contributed by atoms with Crippen molar-refractivity contribution in [3.63, 3.8) is 0 Å². The topological polar surface area (TPSA) is 118 Å². The van der Waals surface area contributed by atoms with Crippen LogP contribution in [0.1, 0.15) is 11.5 Å². The predicted octanol–water partition coefficient (Wildman–Crippen LogP) is 2.84. The number of methoxy groups -OCH3 is 2. The van der Waals surface area contributed by atoms with Gasteiger partial charge in [0.25, 0.3) is 0 Å². The molecule has 1 heterocycles. The number of aromatic nitrogens is 1. The van der Waals surface area contributed by atoms with Gasteiger partial charge < -0.3 is 9.47 Å². The lowest BCUT2D eigenvalue weighted by Crippen LogP contribution is -2.30. The Balaban J connectivity index is 2.47. The third-order valence-corrected chi connectivity index (χ3v) is 4.66. The van der Waals surface area contributed by atoms with Crippen molar-refractivity contribution in [2.24, 2.45) is 0 Å². The Morgan fingerprint density at radius 2 is 1.45 bits per heavy atom. The third-order valence-electron chi connectivity index (χ3n) is 4.66. The first kappa shape index (κ1) is 21.4. The Labute approximate surface area is 176 Å². The number of para-hydroxylation sites is 1. The molecule has 3 aromatic rings. The molecule has 158 valence electrons. The third kappa shape index (κ3) is 4.06. The van der Waals surface area contributed by atoms with E-state index < -0.39 is 39.6 Å². The van der Waals surface area contributed by atoms with Crippen molar-refractivity contribution in [3.05, 3.63) is 92.8 Å². The molecule has 0 aliphatic heterocycles. The van der Waals surface area contributed by atoms with Gasteiger partial charge in [0.15, 0.2) is 5.92 Å². The van der Waals surface area contributed by atoms with Crippen LogP contribution in [0.2, 0.25) is 0 Å². The molecule has 1 aromatic heterocycles. The summed E-state index contributed by atoms with van der Waals surface area (Å²) in [6.07, 6.45) is 0. The van der Waals surface area contributed by atoms with Crippen LogP contribution in [0.15, 0.2) is 71.5 Å². The highest BCUT2D eigenvalue weighted by atomic mass is 16.6. The molecule has 0 amide bonds. The number of carbonyl (C=O) groups is 2. The Bertz CT molecular complexity index is 1170. The molecule has 9 heteroatoms. The van der Waals surface area contributed by atoms with Crippen LogP contribution in [-0.2, 0) is 19.1 Å². The largest absolute Gasteiger partial charge is 0.468 e. The smallest absolute Gasteiger partial charge is 0.339 e. The molecule has 31 heavy (non-hydrogen) atoms. The normalized spacial score (nSPS) is 10.5. The van der Waals surface area contributed by atoms with Crippen molar-refractivity contribution in [2.75, 3.05) is 14.2 Å². The van der Waals surface area contributed by atoms with Gasteiger partial charge in [0.05, 0.1) is 30.4 Å². The highest BCUT2D eigenvalue weighted by Crippen LogP contribution is 2.32. The Morgan fingerprint density at radius 1 is 0.935 bits per heavy atom. The maximum absolute atomic E-state index is 13.4. The van der Waals surface area contributed by atoms with E-state index in [1.807, 2.05) is 0 Å². The van der Waals surface area contributed by atoms with Gasteiger partial charge in [-0.25, -0.2) is 0 Å². The van der Waals surface area contributed by atoms with Gasteiger partial charge in [-0.1, -0.05) is 48.5 Å². The summed E-state index contributed by atoms with van der Waals surface area (Å²) in [6, 6.07) is 18.3. The van der Waals surface area contributed by atoms with E-state index in [1.54, 1.807) is 60.7 Å². The van der Waals surface area contributed by atoms with Gasteiger partial charge in [0.1, 0.15) is 0 Å². The van der Waals surface area contributed by atoms with E-state index in [2.05, 4.69) is 9.47 Å². The minimum absolute atomic E-state index is 0.259. The number of ether oxygens (including phenoxy) is 2. The molecule has 2 aromatic carbocycles. The van der Waals surface area contributed by atoms with E-state index in [-0.39, 0.29) is 5.69 Å². The zero-order chi connectivity index (χ0) is 22.5. The van der Waals surface area contributed by atoms with E-state index in [1.165, 1.54) is 10.6 Å². The number of esters is 2. The first-order chi connectivity index (χ1) is 14.9. The molecule has 0 saturated heterocycles. The molecule has 3 rings (SSSR count). The lowest BCUT2D eigenvalue weighted by molar-refractivity contribution is -0.387. The Morgan fingerprint density at radius 3 is 1.94 bits per heavy atom. The maximum atomic E-state index is 13.4.